The summed E-state index contributed by atoms with van der Waals surface area (Å²) in [6.07, 6.45) is 0.505. The Morgan fingerprint density at radius 1 is 1.46 bits per heavy atom. The number of rotatable bonds is 2. The van der Waals surface area contributed by atoms with Crippen LogP contribution in [0.3, 0.4) is 0 Å². The summed E-state index contributed by atoms with van der Waals surface area (Å²) < 4.78 is 4.26. The van der Waals surface area contributed by atoms with Crippen LogP contribution in [0.25, 0.3) is 10.9 Å². The van der Waals surface area contributed by atoms with Crippen LogP contribution in [0.5, 0.6) is 0 Å². The van der Waals surface area contributed by atoms with Crippen molar-refractivity contribution < 1.29 is 4.79 Å². The quantitative estimate of drug-likeness (QED) is 0.729. The zero-order chi connectivity index (χ0) is 9.26. The van der Waals surface area contributed by atoms with Gasteiger partial charge in [-0.1, -0.05) is 18.2 Å². The second kappa shape index (κ2) is 3.26. The van der Waals surface area contributed by atoms with E-state index < -0.39 is 0 Å². The van der Waals surface area contributed by atoms with Gasteiger partial charge in [0.1, 0.15) is 5.78 Å². The fourth-order valence-corrected chi connectivity index (χ4v) is 2.20. The summed E-state index contributed by atoms with van der Waals surface area (Å²) in [4.78, 5) is 12.0. The molecule has 0 spiro atoms. The zero-order valence-corrected chi connectivity index (χ0v) is 8.10. The summed E-state index contributed by atoms with van der Waals surface area (Å²) in [6.45, 7) is 1.61. The van der Waals surface area contributed by atoms with Crippen molar-refractivity contribution in [3.8, 4) is 0 Å². The van der Waals surface area contributed by atoms with E-state index in [0.717, 1.165) is 15.8 Å². The predicted octanol–water partition coefficient (Wildman–Crippen LogP) is 2.43. The molecule has 2 aromatic rings. The van der Waals surface area contributed by atoms with Crippen LogP contribution in [0.4, 0.5) is 0 Å². The number of carbonyl (C=O) groups is 1. The maximum Gasteiger partial charge on any atom is 0.135 e. The van der Waals surface area contributed by atoms with E-state index in [9.17, 15) is 4.79 Å². The minimum absolute atomic E-state index is 0.189. The Hall–Kier alpha value is -1.22. The summed E-state index contributed by atoms with van der Waals surface area (Å²) in [6, 6.07) is 7.91. The summed E-state index contributed by atoms with van der Waals surface area (Å²) in [5.74, 6) is 0.189. The molecule has 1 aromatic carbocycles. The third-order valence-electron chi connectivity index (χ3n) is 1.87. The highest BCUT2D eigenvalue weighted by atomic mass is 32.1. The van der Waals surface area contributed by atoms with E-state index in [2.05, 4.69) is 4.37 Å². The minimum atomic E-state index is 0.189. The van der Waals surface area contributed by atoms with Gasteiger partial charge in [0.05, 0.1) is 5.52 Å². The second-order valence-electron chi connectivity index (χ2n) is 3.00. The molecule has 2 rings (SSSR count). The number of Topliss-reactive ketones (excluding diaryl/α,β-unsaturated/α-hetero) is 1. The first-order valence-electron chi connectivity index (χ1n) is 4.10. The normalized spacial score (nSPS) is 10.5. The molecule has 0 saturated heterocycles. The Bertz CT molecular complexity index is 447. The second-order valence-corrected chi connectivity index (χ2v) is 3.86. The number of benzene rings is 1. The van der Waals surface area contributed by atoms with E-state index in [1.807, 2.05) is 24.3 Å². The minimum Gasteiger partial charge on any atom is -0.300 e. The maximum absolute atomic E-state index is 10.9. The van der Waals surface area contributed by atoms with E-state index in [1.54, 1.807) is 6.92 Å². The molecule has 3 heteroatoms. The van der Waals surface area contributed by atoms with Gasteiger partial charge in [-0.25, -0.2) is 0 Å². The smallest absolute Gasteiger partial charge is 0.135 e. The highest BCUT2D eigenvalue weighted by Gasteiger charge is 2.06. The van der Waals surface area contributed by atoms with Gasteiger partial charge in [-0.05, 0) is 24.5 Å². The molecule has 0 aliphatic carbocycles. The fraction of sp³-hybridized carbons (Fsp3) is 0.200. The van der Waals surface area contributed by atoms with Crippen molar-refractivity contribution in [2.75, 3.05) is 0 Å². The first kappa shape index (κ1) is 8.38. The van der Waals surface area contributed by atoms with Crippen molar-refractivity contribution in [3.05, 3.63) is 29.1 Å². The zero-order valence-electron chi connectivity index (χ0n) is 7.28. The van der Waals surface area contributed by atoms with Gasteiger partial charge in [0.15, 0.2) is 0 Å². The molecule has 1 aromatic heterocycles. The molecule has 1 heterocycles. The van der Waals surface area contributed by atoms with E-state index >= 15 is 0 Å². The number of nitrogens with zero attached hydrogens (tertiary/aromatic N) is 1. The third kappa shape index (κ3) is 1.60. The van der Waals surface area contributed by atoms with Crippen molar-refractivity contribution >= 4 is 28.2 Å². The molecule has 0 unspecified atom stereocenters. The predicted molar refractivity (Wildman–Crippen MR) is 54.0 cm³/mol. The van der Waals surface area contributed by atoms with E-state index in [1.165, 1.54) is 11.5 Å². The van der Waals surface area contributed by atoms with Gasteiger partial charge in [-0.3, -0.25) is 4.79 Å². The Morgan fingerprint density at radius 3 is 3.00 bits per heavy atom. The lowest BCUT2D eigenvalue weighted by molar-refractivity contribution is -0.116. The molecule has 66 valence electrons. The van der Waals surface area contributed by atoms with Crippen molar-refractivity contribution in [1.29, 1.82) is 0 Å². The van der Waals surface area contributed by atoms with Crippen molar-refractivity contribution in [2.45, 2.75) is 13.3 Å². The first-order valence-corrected chi connectivity index (χ1v) is 4.87. The van der Waals surface area contributed by atoms with Crippen LogP contribution in [0.2, 0.25) is 0 Å². The number of hydrogen-bond acceptors (Lipinski definition) is 3. The van der Waals surface area contributed by atoms with Crippen LogP contribution < -0.4 is 0 Å². The number of aromatic nitrogens is 1. The summed E-state index contributed by atoms with van der Waals surface area (Å²) in [5.41, 5.74) is 0.990. The van der Waals surface area contributed by atoms with E-state index in [0.29, 0.717) is 6.42 Å². The van der Waals surface area contributed by atoms with E-state index in [4.69, 9.17) is 0 Å². The maximum atomic E-state index is 10.9. The van der Waals surface area contributed by atoms with Crippen LogP contribution in [0.1, 0.15) is 11.8 Å². The molecular weight excluding hydrogens is 182 g/mol. The molecule has 0 radical (unpaired) electrons. The molecule has 0 aliphatic rings. The summed E-state index contributed by atoms with van der Waals surface area (Å²) in [7, 11) is 0. The van der Waals surface area contributed by atoms with Gasteiger partial charge < -0.3 is 0 Å². The largest absolute Gasteiger partial charge is 0.300 e. The molecular formula is C10H9NOS. The average Bonchev–Trinajstić information content (AvgIpc) is 2.48. The molecule has 0 amide bonds. The highest BCUT2D eigenvalue weighted by molar-refractivity contribution is 7.07. The van der Waals surface area contributed by atoms with Crippen LogP contribution in [0.15, 0.2) is 24.3 Å². The Kier molecular flexibility index (Phi) is 2.10. The van der Waals surface area contributed by atoms with Gasteiger partial charge in [0, 0.05) is 16.7 Å². The Labute approximate surface area is 80.4 Å². The monoisotopic (exact) mass is 191 g/mol. The lowest BCUT2D eigenvalue weighted by Crippen LogP contribution is -1.93. The molecule has 0 aliphatic heterocycles. The standard InChI is InChI=1S/C10H9NOS/c1-7(12)6-10-8-4-2-3-5-9(8)11-13-10/h2-5H,6H2,1H3. The topological polar surface area (TPSA) is 30.0 Å². The molecule has 0 saturated carbocycles. The van der Waals surface area contributed by atoms with Crippen LogP contribution >= 0.6 is 11.5 Å². The molecule has 13 heavy (non-hydrogen) atoms. The lowest BCUT2D eigenvalue weighted by atomic mass is 10.1. The van der Waals surface area contributed by atoms with Gasteiger partial charge in [-0.15, -0.1) is 0 Å². The van der Waals surface area contributed by atoms with Crippen molar-refractivity contribution in [1.82, 2.24) is 4.37 Å². The Balaban J connectivity index is 2.51. The number of hydrogen-bond donors (Lipinski definition) is 0. The molecule has 0 fully saturated rings. The molecule has 2 nitrogen and oxygen atoms in total. The SMILES string of the molecule is CC(=O)Cc1snc2ccccc12. The Morgan fingerprint density at radius 2 is 2.23 bits per heavy atom. The summed E-state index contributed by atoms with van der Waals surface area (Å²) in [5, 5.41) is 1.11. The molecule has 0 atom stereocenters. The first-order chi connectivity index (χ1) is 6.27. The molecule has 0 bridgehead atoms. The lowest BCUT2D eigenvalue weighted by Gasteiger charge is -1.91. The van der Waals surface area contributed by atoms with Crippen molar-refractivity contribution in [2.24, 2.45) is 0 Å². The number of fused-ring (bicyclic) bond motifs is 1. The van der Waals surface area contributed by atoms with Gasteiger partial charge >= 0.3 is 0 Å². The number of ketones is 1. The number of carbonyl (C=O) groups excluding carboxylic acids is 1. The molecule has 0 N–H and O–H groups in total. The fourth-order valence-electron chi connectivity index (χ4n) is 1.30. The van der Waals surface area contributed by atoms with Crippen molar-refractivity contribution in [3.63, 3.8) is 0 Å². The van der Waals surface area contributed by atoms with Crippen LogP contribution in [-0.4, -0.2) is 10.2 Å². The third-order valence-corrected chi connectivity index (χ3v) is 2.74. The van der Waals surface area contributed by atoms with Crippen LogP contribution in [0, 0.1) is 0 Å². The van der Waals surface area contributed by atoms with Gasteiger partial charge in [0.2, 0.25) is 0 Å². The van der Waals surface area contributed by atoms with Gasteiger partial charge in [-0.2, -0.15) is 4.37 Å². The summed E-state index contributed by atoms with van der Waals surface area (Å²) >= 11 is 1.42. The van der Waals surface area contributed by atoms with Gasteiger partial charge in [0.25, 0.3) is 0 Å². The average molecular weight is 191 g/mol. The highest BCUT2D eigenvalue weighted by Crippen LogP contribution is 2.22. The van der Waals surface area contributed by atoms with E-state index in [-0.39, 0.29) is 5.78 Å². The van der Waals surface area contributed by atoms with Crippen LogP contribution in [-0.2, 0) is 11.2 Å².